The first-order valence-corrected chi connectivity index (χ1v) is 6.97. The van der Waals surface area contributed by atoms with E-state index in [-0.39, 0.29) is 16.6 Å². The van der Waals surface area contributed by atoms with Crippen molar-refractivity contribution in [1.82, 2.24) is 14.7 Å². The van der Waals surface area contributed by atoms with Crippen molar-refractivity contribution in [3.63, 3.8) is 0 Å². The van der Waals surface area contributed by atoms with E-state index in [2.05, 4.69) is 29.4 Å². The Hall–Kier alpha value is -1.07. The molecule has 0 aliphatic carbocycles. The van der Waals surface area contributed by atoms with Crippen molar-refractivity contribution >= 4 is 17.3 Å². The van der Waals surface area contributed by atoms with Crippen LogP contribution in [0.25, 0.3) is 0 Å². The number of halogens is 1. The lowest BCUT2D eigenvalue weighted by molar-refractivity contribution is 0.396. The summed E-state index contributed by atoms with van der Waals surface area (Å²) in [7, 11) is 4.11. The van der Waals surface area contributed by atoms with E-state index < -0.39 is 0 Å². The van der Waals surface area contributed by atoms with Gasteiger partial charge in [-0.1, -0.05) is 11.6 Å². The Morgan fingerprint density at radius 3 is 2.68 bits per heavy atom. The molecule has 0 radical (unpaired) electrons. The van der Waals surface area contributed by atoms with Gasteiger partial charge in [-0.05, 0) is 47.3 Å². The van der Waals surface area contributed by atoms with Gasteiger partial charge >= 0.3 is 0 Å². The summed E-state index contributed by atoms with van der Waals surface area (Å²) in [6.07, 6.45) is 3.76. The highest BCUT2D eigenvalue weighted by molar-refractivity contribution is 6.32. The van der Waals surface area contributed by atoms with Crippen LogP contribution in [0.3, 0.4) is 0 Å². The van der Waals surface area contributed by atoms with Crippen LogP contribution in [0.2, 0.25) is 5.02 Å². The standard InChI is InChI=1S/C13H23ClN4O/c1-10(2)18-13(19)12(14)11(9-16-18)15-7-5-6-8-17(3)4/h9-10,15H,5-8H2,1-4H3. The highest BCUT2D eigenvalue weighted by Gasteiger charge is 2.10. The highest BCUT2D eigenvalue weighted by Crippen LogP contribution is 2.16. The minimum Gasteiger partial charge on any atom is -0.382 e. The molecule has 0 spiro atoms. The second kappa shape index (κ2) is 7.50. The fourth-order valence-electron chi connectivity index (χ4n) is 1.71. The summed E-state index contributed by atoms with van der Waals surface area (Å²) < 4.78 is 1.39. The Labute approximate surface area is 119 Å². The smallest absolute Gasteiger partial charge is 0.287 e. The van der Waals surface area contributed by atoms with Crippen LogP contribution in [-0.2, 0) is 0 Å². The molecule has 0 aliphatic heterocycles. The number of hydrogen-bond donors (Lipinski definition) is 1. The van der Waals surface area contributed by atoms with Gasteiger partial charge < -0.3 is 10.2 Å². The Kier molecular flexibility index (Phi) is 6.31. The van der Waals surface area contributed by atoms with E-state index in [0.29, 0.717) is 5.69 Å². The van der Waals surface area contributed by atoms with Gasteiger partial charge in [0, 0.05) is 6.54 Å². The Balaban J connectivity index is 2.56. The Bertz CT molecular complexity index is 456. The second-order valence-electron chi connectivity index (χ2n) is 5.15. The minimum atomic E-state index is -0.241. The molecule has 0 atom stereocenters. The SMILES string of the molecule is CC(C)n1ncc(NCCCCN(C)C)c(Cl)c1=O. The summed E-state index contributed by atoms with van der Waals surface area (Å²) in [6, 6.07) is 0.0131. The van der Waals surface area contributed by atoms with E-state index in [9.17, 15) is 4.79 Å². The van der Waals surface area contributed by atoms with E-state index in [1.807, 2.05) is 13.8 Å². The maximum Gasteiger partial charge on any atom is 0.287 e. The van der Waals surface area contributed by atoms with Gasteiger partial charge in [-0.25, -0.2) is 4.68 Å². The molecule has 19 heavy (non-hydrogen) atoms. The molecule has 1 heterocycles. The topological polar surface area (TPSA) is 50.2 Å². The third-order valence-electron chi connectivity index (χ3n) is 2.78. The van der Waals surface area contributed by atoms with Gasteiger partial charge in [-0.3, -0.25) is 4.79 Å². The second-order valence-corrected chi connectivity index (χ2v) is 5.53. The average molecular weight is 287 g/mol. The van der Waals surface area contributed by atoms with Crippen molar-refractivity contribution in [2.45, 2.75) is 32.7 Å². The molecule has 0 bridgehead atoms. The lowest BCUT2D eigenvalue weighted by Gasteiger charge is -2.13. The van der Waals surface area contributed by atoms with Gasteiger partial charge in [-0.2, -0.15) is 5.10 Å². The van der Waals surface area contributed by atoms with Crippen molar-refractivity contribution in [2.24, 2.45) is 0 Å². The predicted octanol–water partition coefficient (Wildman–Crippen LogP) is 2.23. The molecular formula is C13H23ClN4O. The first-order chi connectivity index (χ1) is 8.93. The number of rotatable bonds is 7. The third-order valence-corrected chi connectivity index (χ3v) is 3.15. The van der Waals surface area contributed by atoms with Gasteiger partial charge in [-0.15, -0.1) is 0 Å². The van der Waals surface area contributed by atoms with Crippen LogP contribution in [0.5, 0.6) is 0 Å². The molecule has 0 amide bonds. The Morgan fingerprint density at radius 1 is 1.42 bits per heavy atom. The van der Waals surface area contributed by atoms with Crippen molar-refractivity contribution in [1.29, 1.82) is 0 Å². The third kappa shape index (κ3) is 4.84. The number of nitrogens with one attached hydrogen (secondary N) is 1. The molecule has 6 heteroatoms. The molecule has 0 saturated carbocycles. The predicted molar refractivity (Wildman–Crippen MR) is 80.2 cm³/mol. The molecule has 5 nitrogen and oxygen atoms in total. The van der Waals surface area contributed by atoms with Crippen LogP contribution in [0.15, 0.2) is 11.0 Å². The molecule has 0 aliphatic rings. The van der Waals surface area contributed by atoms with E-state index in [4.69, 9.17) is 11.6 Å². The number of hydrogen-bond acceptors (Lipinski definition) is 4. The van der Waals surface area contributed by atoms with Gasteiger partial charge in [0.1, 0.15) is 5.02 Å². The lowest BCUT2D eigenvalue weighted by Crippen LogP contribution is -2.26. The molecule has 1 N–H and O–H groups in total. The first kappa shape index (κ1) is 16.0. The summed E-state index contributed by atoms with van der Waals surface area (Å²) in [5.41, 5.74) is 0.378. The maximum atomic E-state index is 11.9. The van der Waals surface area contributed by atoms with Crippen LogP contribution < -0.4 is 10.9 Å². The van der Waals surface area contributed by atoms with Crippen molar-refractivity contribution in [3.05, 3.63) is 21.6 Å². The van der Waals surface area contributed by atoms with Gasteiger partial charge in [0.25, 0.3) is 5.56 Å². The van der Waals surface area contributed by atoms with Gasteiger partial charge in [0.2, 0.25) is 0 Å². The zero-order chi connectivity index (χ0) is 14.4. The number of nitrogens with zero attached hydrogens (tertiary/aromatic N) is 3. The zero-order valence-corrected chi connectivity index (χ0v) is 12.9. The summed E-state index contributed by atoms with van der Waals surface area (Å²) >= 11 is 6.06. The highest BCUT2D eigenvalue weighted by atomic mass is 35.5. The van der Waals surface area contributed by atoms with E-state index >= 15 is 0 Å². The van der Waals surface area contributed by atoms with E-state index in [1.165, 1.54) is 4.68 Å². The van der Waals surface area contributed by atoms with Crippen LogP contribution in [0.1, 0.15) is 32.7 Å². The lowest BCUT2D eigenvalue weighted by atomic mass is 10.3. The van der Waals surface area contributed by atoms with Crippen LogP contribution in [-0.4, -0.2) is 41.9 Å². The molecule has 0 fully saturated rings. The summed E-state index contributed by atoms with van der Waals surface area (Å²) in [5.74, 6) is 0. The van der Waals surface area contributed by atoms with Crippen molar-refractivity contribution < 1.29 is 0 Å². The van der Waals surface area contributed by atoms with E-state index in [0.717, 1.165) is 25.9 Å². The molecule has 1 rings (SSSR count). The molecule has 1 aromatic heterocycles. The normalized spacial score (nSPS) is 11.3. The monoisotopic (exact) mass is 286 g/mol. The van der Waals surface area contributed by atoms with Crippen LogP contribution >= 0.6 is 11.6 Å². The number of aromatic nitrogens is 2. The molecule has 108 valence electrons. The summed E-state index contributed by atoms with van der Waals surface area (Å²) in [6.45, 7) is 5.65. The zero-order valence-electron chi connectivity index (χ0n) is 12.1. The molecule has 0 saturated heterocycles. The van der Waals surface area contributed by atoms with Crippen LogP contribution in [0.4, 0.5) is 5.69 Å². The number of anilines is 1. The van der Waals surface area contributed by atoms with Crippen molar-refractivity contribution in [2.75, 3.05) is 32.5 Å². The van der Waals surface area contributed by atoms with Crippen molar-refractivity contribution in [3.8, 4) is 0 Å². The fraction of sp³-hybridized carbons (Fsp3) is 0.692. The molecule has 0 aromatic carbocycles. The summed E-state index contributed by atoms with van der Waals surface area (Å²) in [5, 5.41) is 7.50. The molecular weight excluding hydrogens is 264 g/mol. The minimum absolute atomic E-state index is 0.0131. The number of unbranched alkanes of at least 4 members (excludes halogenated alkanes) is 1. The van der Waals surface area contributed by atoms with E-state index in [1.54, 1.807) is 6.20 Å². The first-order valence-electron chi connectivity index (χ1n) is 6.59. The quantitative estimate of drug-likeness (QED) is 0.781. The van der Waals surface area contributed by atoms with Gasteiger partial charge in [0.15, 0.2) is 0 Å². The summed E-state index contributed by atoms with van der Waals surface area (Å²) in [4.78, 5) is 14.1. The molecule has 1 aromatic rings. The Morgan fingerprint density at radius 2 is 2.11 bits per heavy atom. The maximum absolute atomic E-state index is 11.9. The van der Waals surface area contributed by atoms with Gasteiger partial charge in [0.05, 0.1) is 17.9 Å². The molecule has 0 unspecified atom stereocenters. The average Bonchev–Trinajstić information content (AvgIpc) is 2.33. The van der Waals surface area contributed by atoms with Crippen LogP contribution in [0, 0.1) is 0 Å². The fourth-order valence-corrected chi connectivity index (χ4v) is 1.91. The largest absolute Gasteiger partial charge is 0.382 e.